The fourth-order valence-corrected chi connectivity index (χ4v) is 3.80. The van der Waals surface area contributed by atoms with Crippen molar-refractivity contribution in [2.24, 2.45) is 7.05 Å². The first-order valence-corrected chi connectivity index (χ1v) is 10.3. The van der Waals surface area contributed by atoms with Crippen LogP contribution in [0.1, 0.15) is 30.7 Å². The number of ether oxygens (including phenoxy) is 4. The highest BCUT2D eigenvalue weighted by Gasteiger charge is 2.41. The average Bonchev–Trinajstić information content (AvgIpc) is 3.23. The summed E-state index contributed by atoms with van der Waals surface area (Å²) in [5.41, 5.74) is 1.63. The third-order valence-electron chi connectivity index (χ3n) is 5.80. The first-order chi connectivity index (χ1) is 15.5. The third-order valence-corrected chi connectivity index (χ3v) is 5.80. The van der Waals surface area contributed by atoms with Crippen molar-refractivity contribution in [1.29, 1.82) is 0 Å². The number of methoxy groups -OCH3 is 3. The van der Waals surface area contributed by atoms with Crippen LogP contribution in [0.4, 0.5) is 0 Å². The summed E-state index contributed by atoms with van der Waals surface area (Å²) in [5, 5.41) is 5.05. The molecule has 9 heteroatoms. The fraction of sp³-hybridized carbons (Fsp3) is 0.391. The zero-order valence-electron chi connectivity index (χ0n) is 18.6. The van der Waals surface area contributed by atoms with Crippen LogP contribution in [0.2, 0.25) is 0 Å². The minimum atomic E-state index is -0.970. The van der Waals surface area contributed by atoms with Crippen LogP contribution in [0.3, 0.4) is 0 Å². The van der Waals surface area contributed by atoms with Gasteiger partial charge in [0.2, 0.25) is 5.88 Å². The Morgan fingerprint density at radius 3 is 2.56 bits per heavy atom. The van der Waals surface area contributed by atoms with Gasteiger partial charge in [0.15, 0.2) is 17.1 Å². The number of hydrogen-bond acceptors (Lipinski definition) is 8. The van der Waals surface area contributed by atoms with Crippen molar-refractivity contribution in [3.63, 3.8) is 0 Å². The Hall–Kier alpha value is -3.46. The Balaban J connectivity index is 1.62. The van der Waals surface area contributed by atoms with Crippen molar-refractivity contribution in [1.82, 2.24) is 19.7 Å². The van der Waals surface area contributed by atoms with E-state index in [0.29, 0.717) is 43.2 Å². The van der Waals surface area contributed by atoms with Gasteiger partial charge in [-0.3, -0.25) is 4.68 Å². The van der Waals surface area contributed by atoms with Crippen molar-refractivity contribution in [3.05, 3.63) is 47.9 Å². The SMILES string of the molecule is COC(=O)C1(OC)CC=C(c2nc(OCc3ccc(OC)cc3)c3cnn(C)c3n2)CC1. The van der Waals surface area contributed by atoms with Crippen LogP contribution in [0, 0.1) is 0 Å². The Labute approximate surface area is 186 Å². The summed E-state index contributed by atoms with van der Waals surface area (Å²) in [7, 11) is 6.36. The molecular formula is C23H26N4O5. The molecule has 0 radical (unpaired) electrons. The van der Waals surface area contributed by atoms with Gasteiger partial charge in [-0.05, 0) is 36.1 Å². The molecule has 0 spiro atoms. The Morgan fingerprint density at radius 2 is 1.94 bits per heavy atom. The molecule has 0 saturated heterocycles. The van der Waals surface area contributed by atoms with E-state index in [2.05, 4.69) is 10.1 Å². The lowest BCUT2D eigenvalue weighted by Gasteiger charge is -2.32. The topological polar surface area (TPSA) is 97.6 Å². The Kier molecular flexibility index (Phi) is 6.09. The number of fused-ring (bicyclic) bond motifs is 1. The minimum Gasteiger partial charge on any atom is -0.497 e. The number of esters is 1. The Morgan fingerprint density at radius 1 is 1.16 bits per heavy atom. The molecule has 2 aromatic heterocycles. The van der Waals surface area contributed by atoms with Crippen molar-refractivity contribution < 1.29 is 23.7 Å². The molecule has 0 fully saturated rings. The largest absolute Gasteiger partial charge is 0.497 e. The molecule has 1 unspecified atom stereocenters. The standard InChI is InChI=1S/C23H26N4O5/c1-27-20-18(13-24-27)21(32-14-15-5-7-17(29-2)8-6-15)26-19(25-20)16-9-11-23(31-4,12-10-16)22(28)30-3/h5-9,13H,10-12,14H2,1-4H3. The van der Waals surface area contributed by atoms with Crippen molar-refractivity contribution in [2.75, 3.05) is 21.3 Å². The van der Waals surface area contributed by atoms with Gasteiger partial charge in [0.25, 0.3) is 0 Å². The Bertz CT molecular complexity index is 1160. The van der Waals surface area contributed by atoms with Crippen LogP contribution in [0.25, 0.3) is 16.6 Å². The molecule has 9 nitrogen and oxygen atoms in total. The van der Waals surface area contributed by atoms with E-state index in [0.717, 1.165) is 22.3 Å². The maximum Gasteiger partial charge on any atom is 0.338 e. The van der Waals surface area contributed by atoms with Crippen LogP contribution in [-0.4, -0.2) is 52.6 Å². The van der Waals surface area contributed by atoms with Gasteiger partial charge in [0.05, 0.1) is 20.4 Å². The van der Waals surface area contributed by atoms with Crippen molar-refractivity contribution in [2.45, 2.75) is 31.5 Å². The lowest BCUT2D eigenvalue weighted by molar-refractivity contribution is -0.166. The van der Waals surface area contributed by atoms with E-state index in [1.807, 2.05) is 37.4 Å². The number of nitrogens with zero attached hydrogens (tertiary/aromatic N) is 4. The van der Waals surface area contributed by atoms with Gasteiger partial charge in [-0.25, -0.2) is 9.78 Å². The highest BCUT2D eigenvalue weighted by atomic mass is 16.6. The van der Waals surface area contributed by atoms with Gasteiger partial charge >= 0.3 is 5.97 Å². The molecule has 0 N–H and O–H groups in total. The van der Waals surface area contributed by atoms with E-state index in [9.17, 15) is 4.79 Å². The maximum absolute atomic E-state index is 12.2. The van der Waals surface area contributed by atoms with E-state index < -0.39 is 5.60 Å². The van der Waals surface area contributed by atoms with Crippen LogP contribution in [0.15, 0.2) is 36.5 Å². The van der Waals surface area contributed by atoms with Crippen LogP contribution < -0.4 is 9.47 Å². The van der Waals surface area contributed by atoms with Gasteiger partial charge < -0.3 is 18.9 Å². The number of aryl methyl sites for hydroxylation is 1. The number of benzene rings is 1. The first kappa shape index (κ1) is 21.8. The normalized spacial score (nSPS) is 18.3. The second-order valence-electron chi connectivity index (χ2n) is 7.62. The quantitative estimate of drug-likeness (QED) is 0.519. The maximum atomic E-state index is 12.2. The van der Waals surface area contributed by atoms with E-state index >= 15 is 0 Å². The number of carbonyl (C=O) groups excluding carboxylic acids is 1. The van der Waals surface area contributed by atoms with E-state index in [1.165, 1.54) is 14.2 Å². The molecule has 168 valence electrons. The lowest BCUT2D eigenvalue weighted by Crippen LogP contribution is -2.42. The van der Waals surface area contributed by atoms with Gasteiger partial charge in [-0.2, -0.15) is 10.1 Å². The second-order valence-corrected chi connectivity index (χ2v) is 7.62. The molecule has 1 atom stereocenters. The molecule has 0 amide bonds. The van der Waals surface area contributed by atoms with Crippen LogP contribution in [0.5, 0.6) is 11.6 Å². The highest BCUT2D eigenvalue weighted by molar-refractivity contribution is 5.83. The monoisotopic (exact) mass is 438 g/mol. The molecule has 0 saturated carbocycles. The van der Waals surface area contributed by atoms with Gasteiger partial charge in [-0.1, -0.05) is 18.2 Å². The number of aromatic nitrogens is 4. The summed E-state index contributed by atoms with van der Waals surface area (Å²) in [6.45, 7) is 0.346. The minimum absolute atomic E-state index is 0.346. The summed E-state index contributed by atoms with van der Waals surface area (Å²) in [5.74, 6) is 1.43. The van der Waals surface area contributed by atoms with Crippen LogP contribution in [-0.2, 0) is 27.9 Å². The summed E-state index contributed by atoms with van der Waals surface area (Å²) in [6, 6.07) is 7.67. The molecular weight excluding hydrogens is 412 g/mol. The molecule has 1 aromatic carbocycles. The fourth-order valence-electron chi connectivity index (χ4n) is 3.80. The third kappa shape index (κ3) is 4.03. The zero-order chi connectivity index (χ0) is 22.7. The van der Waals surface area contributed by atoms with Gasteiger partial charge in [0.1, 0.15) is 17.7 Å². The average molecular weight is 438 g/mol. The van der Waals surface area contributed by atoms with E-state index in [1.54, 1.807) is 18.0 Å². The summed E-state index contributed by atoms with van der Waals surface area (Å²) in [4.78, 5) is 21.6. The predicted octanol–water partition coefficient (Wildman–Crippen LogP) is 3.08. The summed E-state index contributed by atoms with van der Waals surface area (Å²) >= 11 is 0. The molecule has 1 aliphatic rings. The molecule has 4 rings (SSSR count). The highest BCUT2D eigenvalue weighted by Crippen LogP contribution is 2.36. The molecule has 3 aromatic rings. The smallest absolute Gasteiger partial charge is 0.338 e. The second kappa shape index (κ2) is 8.96. The first-order valence-electron chi connectivity index (χ1n) is 10.3. The molecule has 32 heavy (non-hydrogen) atoms. The zero-order valence-corrected chi connectivity index (χ0v) is 18.6. The molecule has 1 aliphatic carbocycles. The number of hydrogen-bond donors (Lipinski definition) is 0. The summed E-state index contributed by atoms with van der Waals surface area (Å²) in [6.07, 6.45) is 5.08. The number of rotatable bonds is 7. The lowest BCUT2D eigenvalue weighted by atomic mass is 9.85. The molecule has 0 bridgehead atoms. The number of carbonyl (C=O) groups is 1. The van der Waals surface area contributed by atoms with Gasteiger partial charge in [0, 0.05) is 20.6 Å². The van der Waals surface area contributed by atoms with E-state index in [4.69, 9.17) is 23.9 Å². The van der Waals surface area contributed by atoms with Crippen molar-refractivity contribution in [3.8, 4) is 11.6 Å². The molecule has 0 aliphatic heterocycles. The van der Waals surface area contributed by atoms with Gasteiger partial charge in [-0.15, -0.1) is 0 Å². The summed E-state index contributed by atoms with van der Waals surface area (Å²) < 4.78 is 23.4. The van der Waals surface area contributed by atoms with Crippen LogP contribution >= 0.6 is 0 Å². The van der Waals surface area contributed by atoms with Crippen molar-refractivity contribution >= 4 is 22.6 Å². The predicted molar refractivity (Wildman–Crippen MR) is 117 cm³/mol. The molecule has 2 heterocycles. The van der Waals surface area contributed by atoms with E-state index in [-0.39, 0.29) is 5.97 Å². The number of allylic oxidation sites excluding steroid dienone is 1.